The average Bonchev–Trinajstić information content (AvgIpc) is 2.96. The van der Waals surface area contributed by atoms with E-state index in [-0.39, 0.29) is 0 Å². The molecule has 0 aliphatic carbocycles. The molecular formula is C16H16ClNO2S. The van der Waals surface area contributed by atoms with Crippen molar-refractivity contribution in [3.05, 3.63) is 57.3 Å². The van der Waals surface area contributed by atoms with E-state index in [2.05, 4.69) is 23.3 Å². The molecule has 3 nitrogen and oxygen atoms in total. The van der Waals surface area contributed by atoms with Crippen molar-refractivity contribution in [3.8, 4) is 0 Å². The summed E-state index contributed by atoms with van der Waals surface area (Å²) in [6, 6.07) is 9.83. The molecule has 2 aromatic rings. The van der Waals surface area contributed by atoms with Crippen molar-refractivity contribution >= 4 is 40.7 Å². The van der Waals surface area contributed by atoms with E-state index in [1.165, 1.54) is 11.0 Å². The van der Waals surface area contributed by atoms with Crippen molar-refractivity contribution in [2.24, 2.45) is 0 Å². The maximum atomic E-state index is 10.5. The number of rotatable bonds is 6. The number of thiophene rings is 1. The maximum absolute atomic E-state index is 10.5. The predicted molar refractivity (Wildman–Crippen MR) is 89.2 cm³/mol. The molecule has 0 bridgehead atoms. The molecule has 0 radical (unpaired) electrons. The summed E-state index contributed by atoms with van der Waals surface area (Å²) in [6.45, 7) is 3.81. The van der Waals surface area contributed by atoms with Crippen LogP contribution in [0.1, 0.15) is 17.4 Å². The average molecular weight is 322 g/mol. The molecule has 0 amide bonds. The van der Waals surface area contributed by atoms with Gasteiger partial charge in [0.2, 0.25) is 0 Å². The normalized spacial score (nSPS) is 11.0. The molecule has 1 aromatic carbocycles. The van der Waals surface area contributed by atoms with Gasteiger partial charge < -0.3 is 10.0 Å². The van der Waals surface area contributed by atoms with E-state index >= 15 is 0 Å². The summed E-state index contributed by atoms with van der Waals surface area (Å²) in [5.74, 6) is -0.983. The second-order valence-electron chi connectivity index (χ2n) is 4.47. The van der Waals surface area contributed by atoms with Crippen LogP contribution in [0, 0.1) is 0 Å². The Kier molecular flexibility index (Phi) is 5.42. The first kappa shape index (κ1) is 15.6. The molecule has 110 valence electrons. The summed E-state index contributed by atoms with van der Waals surface area (Å²) >= 11 is 7.96. The third-order valence-electron chi connectivity index (χ3n) is 3.06. The first-order chi connectivity index (χ1) is 10.1. The summed E-state index contributed by atoms with van der Waals surface area (Å²) in [7, 11) is 0. The first-order valence-corrected chi connectivity index (χ1v) is 7.83. The van der Waals surface area contributed by atoms with Crippen LogP contribution in [0.4, 0.5) is 5.69 Å². The van der Waals surface area contributed by atoms with Crippen LogP contribution in [0.3, 0.4) is 0 Å². The van der Waals surface area contributed by atoms with Gasteiger partial charge in [-0.05, 0) is 42.1 Å². The Morgan fingerprint density at radius 1 is 1.43 bits per heavy atom. The Morgan fingerprint density at radius 3 is 2.81 bits per heavy atom. The minimum Gasteiger partial charge on any atom is -0.478 e. The summed E-state index contributed by atoms with van der Waals surface area (Å²) in [5.41, 5.74) is 1.73. The molecule has 0 fully saturated rings. The number of nitrogens with zero attached hydrogens (tertiary/aromatic N) is 1. The topological polar surface area (TPSA) is 40.5 Å². The zero-order valence-corrected chi connectivity index (χ0v) is 13.2. The zero-order valence-electron chi connectivity index (χ0n) is 11.6. The molecule has 0 unspecified atom stereocenters. The summed E-state index contributed by atoms with van der Waals surface area (Å²) < 4.78 is 0. The smallest absolute Gasteiger partial charge is 0.328 e. The van der Waals surface area contributed by atoms with Gasteiger partial charge in [0.15, 0.2) is 0 Å². The zero-order chi connectivity index (χ0) is 15.2. The Bertz CT molecular complexity index is 638. The number of benzene rings is 1. The van der Waals surface area contributed by atoms with Crippen LogP contribution in [0.2, 0.25) is 5.02 Å². The van der Waals surface area contributed by atoms with Crippen molar-refractivity contribution in [2.45, 2.75) is 13.5 Å². The summed E-state index contributed by atoms with van der Waals surface area (Å²) in [6.07, 6.45) is 2.59. The van der Waals surface area contributed by atoms with Gasteiger partial charge in [-0.1, -0.05) is 23.7 Å². The number of hydrogen-bond donors (Lipinski definition) is 1. The molecule has 0 aliphatic heterocycles. The van der Waals surface area contributed by atoms with Crippen LogP contribution >= 0.6 is 22.9 Å². The second kappa shape index (κ2) is 7.29. The molecule has 0 spiro atoms. The van der Waals surface area contributed by atoms with Crippen molar-refractivity contribution in [3.63, 3.8) is 0 Å². The van der Waals surface area contributed by atoms with Crippen LogP contribution in [-0.4, -0.2) is 17.6 Å². The van der Waals surface area contributed by atoms with E-state index in [1.807, 2.05) is 24.3 Å². The van der Waals surface area contributed by atoms with E-state index in [9.17, 15) is 4.79 Å². The van der Waals surface area contributed by atoms with Gasteiger partial charge in [0.05, 0.1) is 6.54 Å². The molecule has 21 heavy (non-hydrogen) atoms. The quantitative estimate of drug-likeness (QED) is 0.795. The van der Waals surface area contributed by atoms with Crippen LogP contribution < -0.4 is 4.90 Å². The molecule has 2 rings (SSSR count). The fraction of sp³-hybridized carbons (Fsp3) is 0.188. The molecule has 1 heterocycles. The second-order valence-corrected chi connectivity index (χ2v) is 5.91. The van der Waals surface area contributed by atoms with Crippen molar-refractivity contribution in [2.75, 3.05) is 11.4 Å². The third-order valence-corrected chi connectivity index (χ3v) is 4.25. The van der Waals surface area contributed by atoms with E-state index in [0.717, 1.165) is 24.9 Å². The first-order valence-electron chi connectivity index (χ1n) is 6.58. The monoisotopic (exact) mass is 321 g/mol. The molecule has 0 saturated heterocycles. The molecule has 0 atom stereocenters. The van der Waals surface area contributed by atoms with E-state index < -0.39 is 5.97 Å². The lowest BCUT2D eigenvalue weighted by Gasteiger charge is -2.23. The Balaban J connectivity index is 2.19. The Hall–Kier alpha value is -1.78. The highest BCUT2D eigenvalue weighted by molar-refractivity contribution is 7.09. The van der Waals surface area contributed by atoms with Gasteiger partial charge in [-0.3, -0.25) is 0 Å². The fourth-order valence-corrected chi connectivity index (χ4v) is 2.94. The third kappa shape index (κ3) is 4.34. The van der Waals surface area contributed by atoms with Gasteiger partial charge in [-0.25, -0.2) is 4.79 Å². The highest BCUT2D eigenvalue weighted by atomic mass is 35.5. The van der Waals surface area contributed by atoms with E-state index in [1.54, 1.807) is 11.3 Å². The molecule has 1 N–H and O–H groups in total. The van der Waals surface area contributed by atoms with Gasteiger partial charge in [0.25, 0.3) is 0 Å². The lowest BCUT2D eigenvalue weighted by Crippen LogP contribution is -2.21. The van der Waals surface area contributed by atoms with Crippen molar-refractivity contribution in [1.29, 1.82) is 0 Å². The number of carboxylic acid groups (broad SMARTS) is 1. The molecule has 5 heteroatoms. The SMILES string of the molecule is CCN(Cc1cccs1)c1ccc(/C=C/C(=O)O)c(Cl)c1. The fourth-order valence-electron chi connectivity index (χ4n) is 1.99. The van der Waals surface area contributed by atoms with Gasteiger partial charge >= 0.3 is 5.97 Å². The molecule has 0 saturated carbocycles. The van der Waals surface area contributed by atoms with Gasteiger partial charge in [0.1, 0.15) is 0 Å². The number of anilines is 1. The number of hydrogen-bond acceptors (Lipinski definition) is 3. The minimum absolute atomic E-state index is 0.551. The van der Waals surface area contributed by atoms with Gasteiger partial charge in [-0.15, -0.1) is 11.3 Å². The van der Waals surface area contributed by atoms with Gasteiger partial charge in [-0.2, -0.15) is 0 Å². The van der Waals surface area contributed by atoms with Crippen LogP contribution in [0.5, 0.6) is 0 Å². The van der Waals surface area contributed by atoms with Gasteiger partial charge in [0, 0.05) is 28.2 Å². The lowest BCUT2D eigenvalue weighted by atomic mass is 10.1. The standard InChI is InChI=1S/C16H16ClNO2S/c1-2-18(11-14-4-3-9-21-14)13-7-5-12(15(17)10-13)6-8-16(19)20/h3-10H,2,11H2,1H3,(H,19,20)/b8-6+. The minimum atomic E-state index is -0.983. The highest BCUT2D eigenvalue weighted by Gasteiger charge is 2.08. The number of carboxylic acids is 1. The maximum Gasteiger partial charge on any atom is 0.328 e. The number of aliphatic carboxylic acids is 1. The van der Waals surface area contributed by atoms with Crippen LogP contribution in [-0.2, 0) is 11.3 Å². The summed E-state index contributed by atoms with van der Waals surface area (Å²) in [4.78, 5) is 14.1. The summed E-state index contributed by atoms with van der Waals surface area (Å²) in [5, 5.41) is 11.3. The number of carbonyl (C=O) groups is 1. The van der Waals surface area contributed by atoms with Crippen molar-refractivity contribution in [1.82, 2.24) is 0 Å². The Morgan fingerprint density at radius 2 is 2.24 bits per heavy atom. The Labute approximate surface area is 133 Å². The molecule has 0 aliphatic rings. The molecule has 1 aromatic heterocycles. The van der Waals surface area contributed by atoms with Crippen LogP contribution in [0.25, 0.3) is 6.08 Å². The molecular weight excluding hydrogens is 306 g/mol. The van der Waals surface area contributed by atoms with E-state index in [4.69, 9.17) is 16.7 Å². The van der Waals surface area contributed by atoms with Crippen molar-refractivity contribution < 1.29 is 9.90 Å². The van der Waals surface area contributed by atoms with Crippen LogP contribution in [0.15, 0.2) is 41.8 Å². The highest BCUT2D eigenvalue weighted by Crippen LogP contribution is 2.26. The largest absolute Gasteiger partial charge is 0.478 e. The lowest BCUT2D eigenvalue weighted by molar-refractivity contribution is -0.131. The predicted octanol–water partition coefficient (Wildman–Crippen LogP) is 4.53. The number of halogens is 1. The van der Waals surface area contributed by atoms with E-state index in [0.29, 0.717) is 10.6 Å².